The van der Waals surface area contributed by atoms with Crippen molar-refractivity contribution in [2.45, 2.75) is 20.8 Å². The molecule has 0 bridgehead atoms. The van der Waals surface area contributed by atoms with E-state index in [1.54, 1.807) is 13.1 Å². The number of pyridine rings is 1. The SMILES string of the molecule is CC(=O)c1ccc(N(C)c2cc(C)cc(C)c2)nc1. The molecule has 1 heterocycles. The molecule has 2 aromatic rings. The van der Waals surface area contributed by atoms with Crippen molar-refractivity contribution >= 4 is 17.3 Å². The highest BCUT2D eigenvalue weighted by Crippen LogP contribution is 2.24. The zero-order valence-corrected chi connectivity index (χ0v) is 11.8. The Morgan fingerprint density at radius 2 is 1.74 bits per heavy atom. The lowest BCUT2D eigenvalue weighted by Gasteiger charge is -2.19. The molecule has 0 fully saturated rings. The van der Waals surface area contributed by atoms with Gasteiger partial charge in [0.1, 0.15) is 5.82 Å². The highest BCUT2D eigenvalue weighted by atomic mass is 16.1. The second-order valence-electron chi connectivity index (χ2n) is 4.87. The van der Waals surface area contributed by atoms with Crippen molar-refractivity contribution in [2.24, 2.45) is 0 Å². The largest absolute Gasteiger partial charge is 0.329 e. The van der Waals surface area contributed by atoms with Gasteiger partial charge in [-0.25, -0.2) is 4.98 Å². The third-order valence-electron chi connectivity index (χ3n) is 3.09. The van der Waals surface area contributed by atoms with Gasteiger partial charge >= 0.3 is 0 Å². The Hall–Kier alpha value is -2.16. The van der Waals surface area contributed by atoms with Gasteiger partial charge in [0.2, 0.25) is 0 Å². The van der Waals surface area contributed by atoms with E-state index in [0.717, 1.165) is 11.5 Å². The molecule has 3 heteroatoms. The van der Waals surface area contributed by atoms with Gasteiger partial charge in [0.15, 0.2) is 5.78 Å². The predicted molar refractivity (Wildman–Crippen MR) is 78.2 cm³/mol. The van der Waals surface area contributed by atoms with Crippen LogP contribution in [0, 0.1) is 13.8 Å². The van der Waals surface area contributed by atoms with Gasteiger partial charge in [0, 0.05) is 24.5 Å². The molecule has 0 saturated heterocycles. The van der Waals surface area contributed by atoms with E-state index in [9.17, 15) is 4.79 Å². The van der Waals surface area contributed by atoms with Gasteiger partial charge in [0.25, 0.3) is 0 Å². The number of rotatable bonds is 3. The zero-order chi connectivity index (χ0) is 14.0. The molecular formula is C16H18N2O. The van der Waals surface area contributed by atoms with Crippen molar-refractivity contribution in [2.75, 3.05) is 11.9 Å². The monoisotopic (exact) mass is 254 g/mol. The average molecular weight is 254 g/mol. The predicted octanol–water partition coefficient (Wildman–Crippen LogP) is 3.67. The number of Topliss-reactive ketones (excluding diaryl/α,β-unsaturated/α-hetero) is 1. The average Bonchev–Trinajstić information content (AvgIpc) is 2.37. The van der Waals surface area contributed by atoms with Crippen LogP contribution in [-0.2, 0) is 0 Å². The highest BCUT2D eigenvalue weighted by Gasteiger charge is 2.07. The van der Waals surface area contributed by atoms with Crippen LogP contribution in [0.1, 0.15) is 28.4 Å². The van der Waals surface area contributed by atoms with E-state index in [4.69, 9.17) is 0 Å². The normalized spacial score (nSPS) is 10.3. The standard InChI is InChI=1S/C16H18N2O/c1-11-7-12(2)9-15(8-11)18(4)16-6-5-14(10-17-16)13(3)19/h5-10H,1-4H3. The minimum atomic E-state index is 0.0353. The summed E-state index contributed by atoms with van der Waals surface area (Å²) < 4.78 is 0. The maximum Gasteiger partial charge on any atom is 0.161 e. The maximum absolute atomic E-state index is 11.2. The first-order chi connectivity index (χ1) is 8.97. The van der Waals surface area contributed by atoms with Crippen LogP contribution in [0.4, 0.5) is 11.5 Å². The molecule has 0 aliphatic rings. The van der Waals surface area contributed by atoms with Crippen molar-refractivity contribution < 1.29 is 4.79 Å². The fourth-order valence-electron chi connectivity index (χ4n) is 2.07. The van der Waals surface area contributed by atoms with Crippen LogP contribution >= 0.6 is 0 Å². The zero-order valence-electron chi connectivity index (χ0n) is 11.8. The number of anilines is 2. The molecule has 98 valence electrons. The Morgan fingerprint density at radius 3 is 2.21 bits per heavy atom. The van der Waals surface area contributed by atoms with Crippen molar-refractivity contribution in [1.29, 1.82) is 0 Å². The van der Waals surface area contributed by atoms with E-state index in [1.807, 2.05) is 24.1 Å². The first-order valence-corrected chi connectivity index (χ1v) is 6.26. The van der Waals surface area contributed by atoms with E-state index in [-0.39, 0.29) is 5.78 Å². The van der Waals surface area contributed by atoms with Crippen LogP contribution in [0.5, 0.6) is 0 Å². The van der Waals surface area contributed by atoms with E-state index >= 15 is 0 Å². The second kappa shape index (κ2) is 5.22. The van der Waals surface area contributed by atoms with Crippen molar-refractivity contribution in [1.82, 2.24) is 4.98 Å². The number of nitrogens with zero attached hydrogens (tertiary/aromatic N) is 2. The van der Waals surface area contributed by atoms with Crippen LogP contribution in [0.2, 0.25) is 0 Å². The Bertz CT molecular complexity index is 582. The minimum absolute atomic E-state index is 0.0353. The summed E-state index contributed by atoms with van der Waals surface area (Å²) in [4.78, 5) is 17.6. The quantitative estimate of drug-likeness (QED) is 0.783. The molecule has 0 atom stereocenters. The molecule has 19 heavy (non-hydrogen) atoms. The van der Waals surface area contributed by atoms with E-state index in [0.29, 0.717) is 5.56 Å². The number of carbonyl (C=O) groups excluding carboxylic acids is 1. The summed E-state index contributed by atoms with van der Waals surface area (Å²) in [5.41, 5.74) is 4.18. The molecule has 3 nitrogen and oxygen atoms in total. The van der Waals surface area contributed by atoms with Gasteiger partial charge < -0.3 is 4.90 Å². The summed E-state index contributed by atoms with van der Waals surface area (Å²) in [6.07, 6.45) is 1.62. The van der Waals surface area contributed by atoms with Gasteiger partial charge in [-0.1, -0.05) is 6.07 Å². The molecule has 0 aliphatic carbocycles. The van der Waals surface area contributed by atoms with Gasteiger partial charge in [-0.3, -0.25) is 4.79 Å². The molecule has 0 aliphatic heterocycles. The molecule has 0 amide bonds. The Labute approximate surface area is 113 Å². The summed E-state index contributed by atoms with van der Waals surface area (Å²) >= 11 is 0. The van der Waals surface area contributed by atoms with Crippen molar-refractivity contribution in [3.63, 3.8) is 0 Å². The molecular weight excluding hydrogens is 236 g/mol. The number of aryl methyl sites for hydroxylation is 2. The van der Waals surface area contributed by atoms with Gasteiger partial charge in [-0.05, 0) is 56.2 Å². The molecule has 1 aromatic heterocycles. The van der Waals surface area contributed by atoms with E-state index in [2.05, 4.69) is 37.0 Å². The smallest absolute Gasteiger partial charge is 0.161 e. The summed E-state index contributed by atoms with van der Waals surface area (Å²) in [6.45, 7) is 5.71. The number of hydrogen-bond acceptors (Lipinski definition) is 3. The fourth-order valence-corrected chi connectivity index (χ4v) is 2.07. The van der Waals surface area contributed by atoms with Gasteiger partial charge in [-0.15, -0.1) is 0 Å². The molecule has 0 saturated carbocycles. The second-order valence-corrected chi connectivity index (χ2v) is 4.87. The Balaban J connectivity index is 2.32. The third kappa shape index (κ3) is 2.99. The van der Waals surface area contributed by atoms with Crippen molar-refractivity contribution in [3.8, 4) is 0 Å². The lowest BCUT2D eigenvalue weighted by molar-refractivity contribution is 0.101. The van der Waals surface area contributed by atoms with Gasteiger partial charge in [0.05, 0.1) is 0 Å². The van der Waals surface area contributed by atoms with Crippen LogP contribution < -0.4 is 4.90 Å². The Morgan fingerprint density at radius 1 is 1.11 bits per heavy atom. The molecule has 1 aromatic carbocycles. The molecule has 2 rings (SSSR count). The molecule has 0 spiro atoms. The number of aromatic nitrogens is 1. The first kappa shape index (κ1) is 13.3. The number of ketones is 1. The van der Waals surface area contributed by atoms with Crippen LogP contribution in [0.15, 0.2) is 36.5 Å². The maximum atomic E-state index is 11.2. The summed E-state index contributed by atoms with van der Waals surface area (Å²) in [7, 11) is 1.98. The number of carbonyl (C=O) groups is 1. The highest BCUT2D eigenvalue weighted by molar-refractivity contribution is 5.93. The first-order valence-electron chi connectivity index (χ1n) is 6.26. The third-order valence-corrected chi connectivity index (χ3v) is 3.09. The van der Waals surface area contributed by atoms with Crippen LogP contribution in [0.3, 0.4) is 0 Å². The minimum Gasteiger partial charge on any atom is -0.329 e. The summed E-state index contributed by atoms with van der Waals surface area (Å²) in [6, 6.07) is 10.1. The lowest BCUT2D eigenvalue weighted by atomic mass is 10.1. The van der Waals surface area contributed by atoms with E-state index in [1.165, 1.54) is 11.1 Å². The molecule has 0 radical (unpaired) electrons. The summed E-state index contributed by atoms with van der Waals surface area (Å²) in [5.74, 6) is 0.864. The fraction of sp³-hybridized carbons (Fsp3) is 0.250. The molecule has 0 unspecified atom stereocenters. The summed E-state index contributed by atoms with van der Waals surface area (Å²) in [5, 5.41) is 0. The van der Waals surface area contributed by atoms with E-state index < -0.39 is 0 Å². The van der Waals surface area contributed by atoms with Crippen LogP contribution in [-0.4, -0.2) is 17.8 Å². The topological polar surface area (TPSA) is 33.2 Å². The Kier molecular flexibility index (Phi) is 3.65. The van der Waals surface area contributed by atoms with Crippen LogP contribution in [0.25, 0.3) is 0 Å². The van der Waals surface area contributed by atoms with Crippen molar-refractivity contribution in [3.05, 3.63) is 53.2 Å². The van der Waals surface area contributed by atoms with Gasteiger partial charge in [-0.2, -0.15) is 0 Å². The lowest BCUT2D eigenvalue weighted by Crippen LogP contribution is -2.11. The number of hydrogen-bond donors (Lipinski definition) is 0. The number of benzene rings is 1. The molecule has 0 N–H and O–H groups in total.